The third-order valence-electron chi connectivity index (χ3n) is 3.65. The molecule has 0 fully saturated rings. The summed E-state index contributed by atoms with van der Waals surface area (Å²) in [4.78, 5) is 11.5. The largest absolute Gasteiger partial charge is 0.463 e. The first-order valence-corrected chi connectivity index (χ1v) is 8.76. The fourth-order valence-electron chi connectivity index (χ4n) is 2.21. The van der Waals surface area contributed by atoms with Crippen LogP contribution in [-0.4, -0.2) is 27.8 Å². The van der Waals surface area contributed by atoms with Gasteiger partial charge in [0.05, 0.1) is 18.0 Å². The van der Waals surface area contributed by atoms with Gasteiger partial charge in [-0.15, -0.1) is 10.2 Å². The van der Waals surface area contributed by atoms with Gasteiger partial charge in [-0.1, -0.05) is 29.4 Å². The van der Waals surface area contributed by atoms with Crippen LogP contribution in [0, 0.1) is 6.92 Å². The van der Waals surface area contributed by atoms with Crippen molar-refractivity contribution < 1.29 is 13.9 Å². The summed E-state index contributed by atoms with van der Waals surface area (Å²) in [6, 6.07) is 9.14. The van der Waals surface area contributed by atoms with Crippen molar-refractivity contribution >= 4 is 29.3 Å². The number of nitrogens with zero attached hydrogens (tertiary/aromatic N) is 3. The highest BCUT2D eigenvalue weighted by atomic mass is 35.5. The molecule has 0 bridgehead atoms. The maximum atomic E-state index is 11.5. The number of methoxy groups -OCH3 is 1. The number of hydrogen-bond acceptors (Lipinski definition) is 6. The molecule has 0 aliphatic rings. The van der Waals surface area contributed by atoms with E-state index in [-0.39, 0.29) is 11.0 Å². The number of benzene rings is 1. The Balaban J connectivity index is 1.82. The van der Waals surface area contributed by atoms with E-state index in [1.54, 1.807) is 18.5 Å². The molecular formula is C17H16ClN3O3S. The number of hydrogen-bond donors (Lipinski definition) is 0. The number of halogens is 1. The first-order chi connectivity index (χ1) is 12.0. The topological polar surface area (TPSA) is 70.2 Å². The van der Waals surface area contributed by atoms with E-state index in [1.807, 2.05) is 36.6 Å². The molecule has 2 aromatic heterocycles. The summed E-state index contributed by atoms with van der Waals surface area (Å²) in [7, 11) is 1.32. The zero-order valence-electron chi connectivity index (χ0n) is 13.9. The predicted octanol–water partition coefficient (Wildman–Crippen LogP) is 4.46. The Bertz CT molecular complexity index is 906. The summed E-state index contributed by atoms with van der Waals surface area (Å²) in [5, 5.41) is 9.47. The lowest BCUT2D eigenvalue weighted by Gasteiger charge is -2.10. The van der Waals surface area contributed by atoms with E-state index in [0.717, 1.165) is 11.3 Å². The van der Waals surface area contributed by atoms with Crippen LogP contribution in [0.5, 0.6) is 0 Å². The molecule has 0 aliphatic carbocycles. The molecule has 3 aromatic rings. The molecule has 1 unspecified atom stereocenters. The quantitative estimate of drug-likeness (QED) is 0.483. The molecule has 0 spiro atoms. The third-order valence-corrected chi connectivity index (χ3v) is 5.13. The van der Waals surface area contributed by atoms with Crippen molar-refractivity contribution in [3.05, 3.63) is 58.8 Å². The zero-order chi connectivity index (χ0) is 18.0. The van der Waals surface area contributed by atoms with Crippen LogP contribution < -0.4 is 0 Å². The van der Waals surface area contributed by atoms with E-state index in [0.29, 0.717) is 15.9 Å². The minimum Gasteiger partial charge on any atom is -0.463 e. The van der Waals surface area contributed by atoms with Gasteiger partial charge in [0, 0.05) is 5.02 Å². The summed E-state index contributed by atoms with van der Waals surface area (Å²) in [6.07, 6.45) is 1.64. The minimum atomic E-state index is -0.499. The maximum absolute atomic E-state index is 11.5. The fraction of sp³-hybridized carbons (Fsp3) is 0.235. The second kappa shape index (κ2) is 7.33. The molecule has 0 aliphatic heterocycles. The van der Waals surface area contributed by atoms with Crippen LogP contribution in [0.4, 0.5) is 0 Å². The first-order valence-electron chi connectivity index (χ1n) is 7.51. The van der Waals surface area contributed by atoms with E-state index in [1.165, 1.54) is 18.9 Å². The summed E-state index contributed by atoms with van der Waals surface area (Å²) < 4.78 is 12.1. The fourth-order valence-corrected chi connectivity index (χ4v) is 3.31. The van der Waals surface area contributed by atoms with Crippen molar-refractivity contribution in [3.8, 4) is 5.69 Å². The second-order valence-corrected chi connectivity index (χ2v) is 7.09. The van der Waals surface area contributed by atoms with Crippen molar-refractivity contribution in [2.75, 3.05) is 7.11 Å². The lowest BCUT2D eigenvalue weighted by atomic mass is 10.2. The molecule has 8 heteroatoms. The van der Waals surface area contributed by atoms with Gasteiger partial charge in [0.15, 0.2) is 5.16 Å². The SMILES string of the molecule is COC(=O)c1ccc(C(C)Sc2nncn2-c2ccc(C)c(Cl)c2)o1. The van der Waals surface area contributed by atoms with Crippen molar-refractivity contribution in [2.45, 2.75) is 24.3 Å². The summed E-state index contributed by atoms with van der Waals surface area (Å²) in [5.74, 6) is 0.333. The summed E-state index contributed by atoms with van der Waals surface area (Å²) in [5.41, 5.74) is 1.89. The molecule has 130 valence electrons. The monoisotopic (exact) mass is 377 g/mol. The van der Waals surface area contributed by atoms with E-state index < -0.39 is 5.97 Å². The molecule has 1 atom stereocenters. The summed E-state index contributed by atoms with van der Waals surface area (Å²) in [6.45, 7) is 3.91. The van der Waals surface area contributed by atoms with Crippen LogP contribution >= 0.6 is 23.4 Å². The lowest BCUT2D eigenvalue weighted by molar-refractivity contribution is 0.0563. The number of carbonyl (C=O) groups is 1. The molecule has 0 amide bonds. The first kappa shape index (κ1) is 17.6. The van der Waals surface area contributed by atoms with Crippen LogP contribution in [0.2, 0.25) is 5.02 Å². The Morgan fingerprint density at radius 3 is 2.88 bits per heavy atom. The molecule has 0 saturated heterocycles. The van der Waals surface area contributed by atoms with Gasteiger partial charge < -0.3 is 9.15 Å². The minimum absolute atomic E-state index is 0.0673. The van der Waals surface area contributed by atoms with Crippen LogP contribution in [-0.2, 0) is 4.74 Å². The van der Waals surface area contributed by atoms with Gasteiger partial charge in [0.25, 0.3) is 0 Å². The number of furan rings is 1. The van der Waals surface area contributed by atoms with Crippen LogP contribution in [0.25, 0.3) is 5.69 Å². The number of thioether (sulfide) groups is 1. The van der Waals surface area contributed by atoms with E-state index in [4.69, 9.17) is 16.0 Å². The molecule has 0 N–H and O–H groups in total. The average molecular weight is 378 g/mol. The highest BCUT2D eigenvalue weighted by Crippen LogP contribution is 2.35. The Kier molecular flexibility index (Phi) is 5.15. The number of ether oxygens (including phenoxy) is 1. The second-order valence-electron chi connectivity index (χ2n) is 5.37. The van der Waals surface area contributed by atoms with Crippen LogP contribution in [0.3, 0.4) is 0 Å². The molecule has 2 heterocycles. The van der Waals surface area contributed by atoms with Gasteiger partial charge in [0.2, 0.25) is 5.76 Å². The molecule has 1 aromatic carbocycles. The summed E-state index contributed by atoms with van der Waals surface area (Å²) >= 11 is 7.68. The standard InChI is InChI=1S/C17H16ClN3O3S/c1-10-4-5-12(8-13(10)18)21-9-19-20-17(21)25-11(2)14-6-7-15(24-14)16(22)23-3/h4-9,11H,1-3H3. The molecule has 0 saturated carbocycles. The third kappa shape index (κ3) is 3.72. The van der Waals surface area contributed by atoms with E-state index >= 15 is 0 Å². The van der Waals surface area contributed by atoms with Gasteiger partial charge in [-0.2, -0.15) is 0 Å². The van der Waals surface area contributed by atoms with Crippen molar-refractivity contribution in [1.29, 1.82) is 0 Å². The Morgan fingerprint density at radius 2 is 2.16 bits per heavy atom. The Morgan fingerprint density at radius 1 is 1.36 bits per heavy atom. The molecule has 0 radical (unpaired) electrons. The molecular weight excluding hydrogens is 362 g/mol. The van der Waals surface area contributed by atoms with Gasteiger partial charge in [-0.3, -0.25) is 4.57 Å². The van der Waals surface area contributed by atoms with Gasteiger partial charge in [-0.25, -0.2) is 4.79 Å². The lowest BCUT2D eigenvalue weighted by Crippen LogP contribution is -1.99. The maximum Gasteiger partial charge on any atom is 0.373 e. The van der Waals surface area contributed by atoms with Crippen molar-refractivity contribution in [2.24, 2.45) is 0 Å². The van der Waals surface area contributed by atoms with Gasteiger partial charge in [0.1, 0.15) is 12.1 Å². The van der Waals surface area contributed by atoms with Crippen LogP contribution in [0.15, 0.2) is 46.2 Å². The smallest absolute Gasteiger partial charge is 0.373 e. The van der Waals surface area contributed by atoms with Gasteiger partial charge in [-0.05, 0) is 43.7 Å². The number of carbonyl (C=O) groups excluding carboxylic acids is 1. The molecule has 3 rings (SSSR count). The molecule has 25 heavy (non-hydrogen) atoms. The highest BCUT2D eigenvalue weighted by Gasteiger charge is 2.19. The van der Waals surface area contributed by atoms with E-state index in [2.05, 4.69) is 14.9 Å². The zero-order valence-corrected chi connectivity index (χ0v) is 15.5. The van der Waals surface area contributed by atoms with Crippen LogP contribution in [0.1, 0.15) is 34.1 Å². The Hall–Kier alpha value is -2.25. The number of rotatable bonds is 5. The predicted molar refractivity (Wildman–Crippen MR) is 95.4 cm³/mol. The number of aryl methyl sites for hydroxylation is 1. The van der Waals surface area contributed by atoms with Crippen molar-refractivity contribution in [3.63, 3.8) is 0 Å². The highest BCUT2D eigenvalue weighted by molar-refractivity contribution is 7.99. The van der Waals surface area contributed by atoms with Gasteiger partial charge >= 0.3 is 5.97 Å². The molecule has 6 nitrogen and oxygen atoms in total. The Labute approximate surface area is 154 Å². The average Bonchev–Trinajstić information content (AvgIpc) is 3.26. The van der Waals surface area contributed by atoms with E-state index in [9.17, 15) is 4.79 Å². The normalized spacial score (nSPS) is 12.2. The number of aromatic nitrogens is 3. The van der Waals surface area contributed by atoms with Crippen molar-refractivity contribution in [1.82, 2.24) is 14.8 Å². The number of esters is 1.